The molecule has 0 amide bonds. The van der Waals surface area contributed by atoms with E-state index < -0.39 is 0 Å². The number of rotatable bonds is 4. The predicted octanol–water partition coefficient (Wildman–Crippen LogP) is 2.77. The van der Waals surface area contributed by atoms with Crippen molar-refractivity contribution in [2.75, 3.05) is 36.2 Å². The molecule has 15 heavy (non-hydrogen) atoms. The highest BCUT2D eigenvalue weighted by Gasteiger charge is 2.10. The fourth-order valence-electron chi connectivity index (χ4n) is 1.07. The van der Waals surface area contributed by atoms with Crippen molar-refractivity contribution in [3.05, 3.63) is 16.1 Å². The van der Waals surface area contributed by atoms with Gasteiger partial charge in [-0.25, -0.2) is 4.98 Å². The average molecular weight is 266 g/mol. The molecule has 0 aromatic carbocycles. The number of halogens is 2. The van der Waals surface area contributed by atoms with Crippen molar-refractivity contribution in [2.45, 2.75) is 0 Å². The second-order valence-electron chi connectivity index (χ2n) is 3.08. The maximum atomic E-state index is 6.02. The zero-order valence-corrected chi connectivity index (χ0v) is 11.0. The molecular weight excluding hydrogens is 253 g/mol. The molecule has 6 heteroatoms. The van der Waals surface area contributed by atoms with Gasteiger partial charge in [-0.05, 0) is 12.3 Å². The van der Waals surface area contributed by atoms with E-state index in [0.717, 1.165) is 12.3 Å². The van der Waals surface area contributed by atoms with Crippen LogP contribution in [0, 0.1) is 0 Å². The minimum Gasteiger partial charge on any atom is -0.382 e. The first kappa shape index (κ1) is 12.7. The number of nitrogen functional groups attached to an aromatic ring is 1. The summed E-state index contributed by atoms with van der Waals surface area (Å²) in [5.41, 5.74) is 5.62. The van der Waals surface area contributed by atoms with E-state index in [1.54, 1.807) is 17.8 Å². The van der Waals surface area contributed by atoms with Gasteiger partial charge in [-0.3, -0.25) is 0 Å². The van der Waals surface area contributed by atoms with Crippen LogP contribution in [0.3, 0.4) is 0 Å². The Kier molecular flexibility index (Phi) is 4.83. The van der Waals surface area contributed by atoms with E-state index in [2.05, 4.69) is 11.2 Å². The first-order valence-corrected chi connectivity index (χ1v) is 6.52. The summed E-state index contributed by atoms with van der Waals surface area (Å²) in [4.78, 5) is 6.12. The number of hydrogen-bond donors (Lipinski definition) is 1. The molecule has 0 unspecified atom stereocenters. The highest BCUT2D eigenvalue weighted by Crippen LogP contribution is 2.29. The maximum Gasteiger partial charge on any atom is 0.149 e. The van der Waals surface area contributed by atoms with Gasteiger partial charge >= 0.3 is 0 Å². The fourth-order valence-corrected chi connectivity index (χ4v) is 2.03. The van der Waals surface area contributed by atoms with Crippen LogP contribution in [0.4, 0.5) is 11.6 Å². The molecule has 1 rings (SSSR count). The van der Waals surface area contributed by atoms with Gasteiger partial charge in [-0.1, -0.05) is 23.2 Å². The molecule has 1 aromatic rings. The Morgan fingerprint density at radius 1 is 1.47 bits per heavy atom. The van der Waals surface area contributed by atoms with Crippen LogP contribution in [-0.2, 0) is 0 Å². The molecule has 0 fully saturated rings. The van der Waals surface area contributed by atoms with Crippen molar-refractivity contribution in [1.29, 1.82) is 0 Å². The van der Waals surface area contributed by atoms with E-state index >= 15 is 0 Å². The maximum absolute atomic E-state index is 6.02. The minimum absolute atomic E-state index is 0.312. The monoisotopic (exact) mass is 265 g/mol. The number of thioether (sulfide) groups is 1. The van der Waals surface area contributed by atoms with E-state index in [-0.39, 0.29) is 0 Å². The summed E-state index contributed by atoms with van der Waals surface area (Å²) in [6.07, 6.45) is 2.05. The van der Waals surface area contributed by atoms with E-state index in [9.17, 15) is 0 Å². The van der Waals surface area contributed by atoms with Crippen LogP contribution >= 0.6 is 35.0 Å². The average Bonchev–Trinajstić information content (AvgIpc) is 2.20. The molecule has 2 N–H and O–H groups in total. The fraction of sp³-hybridized carbons (Fsp3) is 0.444. The normalized spacial score (nSPS) is 10.4. The molecule has 0 saturated heterocycles. The van der Waals surface area contributed by atoms with Crippen molar-refractivity contribution < 1.29 is 0 Å². The topological polar surface area (TPSA) is 42.2 Å². The van der Waals surface area contributed by atoms with Gasteiger partial charge in [0.1, 0.15) is 11.6 Å². The summed E-state index contributed by atoms with van der Waals surface area (Å²) in [6, 6.07) is 1.62. The Bertz CT molecular complexity index is 346. The van der Waals surface area contributed by atoms with E-state index in [4.69, 9.17) is 28.9 Å². The zero-order valence-electron chi connectivity index (χ0n) is 8.63. The van der Waals surface area contributed by atoms with Gasteiger partial charge in [0.25, 0.3) is 0 Å². The molecule has 0 bridgehead atoms. The van der Waals surface area contributed by atoms with Gasteiger partial charge in [0, 0.05) is 19.3 Å². The largest absolute Gasteiger partial charge is 0.382 e. The number of nitrogens with zero attached hydrogens (tertiary/aromatic N) is 2. The standard InChI is InChI=1S/C9H13Cl2N3S/c1-14(3-4-15-2)9-7(11)5-6(10)8(12)13-9/h5H,3-4H2,1-2H3,(H2,12,13). The Morgan fingerprint density at radius 3 is 2.73 bits per heavy atom. The summed E-state index contributed by atoms with van der Waals surface area (Å²) < 4.78 is 0. The van der Waals surface area contributed by atoms with Crippen LogP contribution in [0.2, 0.25) is 10.0 Å². The van der Waals surface area contributed by atoms with Crippen molar-refractivity contribution in [2.24, 2.45) is 0 Å². The number of pyridine rings is 1. The lowest BCUT2D eigenvalue weighted by Gasteiger charge is -2.19. The second-order valence-corrected chi connectivity index (χ2v) is 4.88. The molecule has 0 aliphatic carbocycles. The van der Waals surface area contributed by atoms with Gasteiger partial charge in [0.2, 0.25) is 0 Å². The molecule has 0 atom stereocenters. The molecule has 0 saturated carbocycles. The van der Waals surface area contributed by atoms with Gasteiger partial charge in [-0.2, -0.15) is 11.8 Å². The molecule has 0 aliphatic rings. The molecule has 0 spiro atoms. The van der Waals surface area contributed by atoms with E-state index in [1.807, 2.05) is 11.9 Å². The molecule has 0 radical (unpaired) electrons. The Morgan fingerprint density at radius 2 is 2.13 bits per heavy atom. The van der Waals surface area contributed by atoms with Crippen LogP contribution < -0.4 is 10.6 Å². The lowest BCUT2D eigenvalue weighted by molar-refractivity contribution is 0.949. The third-order valence-electron chi connectivity index (χ3n) is 1.93. The molecule has 1 heterocycles. The Labute approximate surface area is 104 Å². The van der Waals surface area contributed by atoms with Crippen LogP contribution in [0.25, 0.3) is 0 Å². The van der Waals surface area contributed by atoms with Crippen LogP contribution in [0.1, 0.15) is 0 Å². The zero-order chi connectivity index (χ0) is 11.4. The van der Waals surface area contributed by atoms with E-state index in [0.29, 0.717) is 21.7 Å². The third-order valence-corrected chi connectivity index (χ3v) is 3.10. The molecular formula is C9H13Cl2N3S. The highest BCUT2D eigenvalue weighted by molar-refractivity contribution is 7.98. The van der Waals surface area contributed by atoms with Gasteiger partial charge in [0.05, 0.1) is 10.0 Å². The first-order valence-electron chi connectivity index (χ1n) is 4.38. The van der Waals surface area contributed by atoms with Crippen molar-refractivity contribution >= 4 is 46.6 Å². The lowest BCUT2D eigenvalue weighted by Crippen LogP contribution is -2.22. The predicted molar refractivity (Wildman–Crippen MR) is 70.3 cm³/mol. The Hall–Kier alpha value is -0.320. The Balaban J connectivity index is 2.88. The van der Waals surface area contributed by atoms with Crippen LogP contribution in [0.15, 0.2) is 6.07 Å². The number of anilines is 2. The summed E-state index contributed by atoms with van der Waals surface area (Å²) in [5, 5.41) is 0.916. The van der Waals surface area contributed by atoms with Gasteiger partial charge < -0.3 is 10.6 Å². The van der Waals surface area contributed by atoms with Gasteiger partial charge in [0.15, 0.2) is 0 Å². The highest BCUT2D eigenvalue weighted by atomic mass is 35.5. The molecule has 3 nitrogen and oxygen atoms in total. The summed E-state index contributed by atoms with van der Waals surface area (Å²) in [6.45, 7) is 0.870. The molecule has 0 aliphatic heterocycles. The second kappa shape index (κ2) is 5.68. The summed E-state index contributed by atoms with van der Waals surface area (Å²) in [7, 11) is 1.93. The summed E-state index contributed by atoms with van der Waals surface area (Å²) >= 11 is 13.6. The first-order chi connectivity index (χ1) is 7.06. The molecule has 84 valence electrons. The quantitative estimate of drug-likeness (QED) is 0.909. The minimum atomic E-state index is 0.312. The summed E-state index contributed by atoms with van der Waals surface area (Å²) in [5.74, 6) is 2.00. The van der Waals surface area contributed by atoms with Gasteiger partial charge in [-0.15, -0.1) is 0 Å². The number of aromatic nitrogens is 1. The number of nitrogens with two attached hydrogens (primary N) is 1. The smallest absolute Gasteiger partial charge is 0.149 e. The SMILES string of the molecule is CSCCN(C)c1nc(N)c(Cl)cc1Cl. The van der Waals surface area contributed by atoms with Crippen molar-refractivity contribution in [3.8, 4) is 0 Å². The van der Waals surface area contributed by atoms with Crippen LogP contribution in [-0.4, -0.2) is 30.6 Å². The van der Waals surface area contributed by atoms with E-state index in [1.165, 1.54) is 0 Å². The lowest BCUT2D eigenvalue weighted by atomic mass is 10.4. The van der Waals surface area contributed by atoms with Crippen molar-refractivity contribution in [1.82, 2.24) is 4.98 Å². The number of hydrogen-bond acceptors (Lipinski definition) is 4. The van der Waals surface area contributed by atoms with Crippen LogP contribution in [0.5, 0.6) is 0 Å². The molecule has 1 aromatic heterocycles. The van der Waals surface area contributed by atoms with Crippen molar-refractivity contribution in [3.63, 3.8) is 0 Å². The third kappa shape index (κ3) is 3.33.